The van der Waals surface area contributed by atoms with Crippen molar-refractivity contribution >= 4 is 11.9 Å². The number of amides is 1. The maximum Gasteiger partial charge on any atom is 0.410 e. The third-order valence-corrected chi connectivity index (χ3v) is 3.63. The van der Waals surface area contributed by atoms with Gasteiger partial charge in [-0.2, -0.15) is 0 Å². The number of ether oxygens (including phenoxy) is 1. The highest BCUT2D eigenvalue weighted by molar-refractivity contribution is 5.95. The summed E-state index contributed by atoms with van der Waals surface area (Å²) in [4.78, 5) is 27.7. The van der Waals surface area contributed by atoms with E-state index in [4.69, 9.17) is 9.15 Å². The molecule has 0 saturated carbocycles. The smallest absolute Gasteiger partial charge is 0.410 e. The Bertz CT molecular complexity index is 519. The van der Waals surface area contributed by atoms with E-state index in [-0.39, 0.29) is 24.5 Å². The molecule has 0 aromatic carbocycles. The predicted molar refractivity (Wildman–Crippen MR) is 81.9 cm³/mol. The van der Waals surface area contributed by atoms with E-state index in [1.165, 1.54) is 6.26 Å². The molecule has 2 heterocycles. The molecule has 6 nitrogen and oxygen atoms in total. The fourth-order valence-corrected chi connectivity index (χ4v) is 2.46. The molecule has 1 aliphatic rings. The van der Waals surface area contributed by atoms with Crippen molar-refractivity contribution in [1.29, 1.82) is 0 Å². The maximum absolute atomic E-state index is 12.0. The van der Waals surface area contributed by atoms with Crippen LogP contribution in [0, 0.1) is 0 Å². The summed E-state index contributed by atoms with van der Waals surface area (Å²) in [5.41, 5.74) is -0.490. The fraction of sp³-hybridized carbons (Fsp3) is 0.625. The molecule has 1 aromatic rings. The zero-order valence-electron chi connectivity index (χ0n) is 13.7. The van der Waals surface area contributed by atoms with Crippen molar-refractivity contribution in [3.05, 3.63) is 24.2 Å². The van der Waals surface area contributed by atoms with Crippen LogP contribution in [-0.4, -0.2) is 60.0 Å². The number of ketones is 1. The van der Waals surface area contributed by atoms with Gasteiger partial charge in [-0.3, -0.25) is 9.69 Å². The summed E-state index contributed by atoms with van der Waals surface area (Å²) < 4.78 is 10.5. The van der Waals surface area contributed by atoms with Crippen LogP contribution >= 0.6 is 0 Å². The minimum absolute atomic E-state index is 0.0526. The lowest BCUT2D eigenvalue weighted by Crippen LogP contribution is -2.40. The monoisotopic (exact) mass is 308 g/mol. The fourth-order valence-electron chi connectivity index (χ4n) is 2.46. The second-order valence-electron chi connectivity index (χ2n) is 6.68. The highest BCUT2D eigenvalue weighted by Crippen LogP contribution is 2.18. The van der Waals surface area contributed by atoms with Crippen molar-refractivity contribution in [2.45, 2.75) is 38.8 Å². The lowest BCUT2D eigenvalue weighted by Gasteiger charge is -2.26. The van der Waals surface area contributed by atoms with Crippen LogP contribution in [0.15, 0.2) is 22.8 Å². The van der Waals surface area contributed by atoms with Crippen LogP contribution in [0.3, 0.4) is 0 Å². The quantitative estimate of drug-likeness (QED) is 0.799. The Hall–Kier alpha value is -1.82. The van der Waals surface area contributed by atoms with E-state index in [0.29, 0.717) is 18.8 Å². The second kappa shape index (κ2) is 6.52. The van der Waals surface area contributed by atoms with E-state index >= 15 is 0 Å². The normalized spacial score (nSPS) is 18.8. The largest absolute Gasteiger partial charge is 0.461 e. The van der Waals surface area contributed by atoms with Crippen LogP contribution in [0.4, 0.5) is 4.79 Å². The minimum Gasteiger partial charge on any atom is -0.461 e. The van der Waals surface area contributed by atoms with Crippen molar-refractivity contribution in [3.8, 4) is 0 Å². The molecule has 1 atom stereocenters. The Labute approximate surface area is 131 Å². The highest BCUT2D eigenvalue weighted by atomic mass is 16.6. The van der Waals surface area contributed by atoms with E-state index in [2.05, 4.69) is 0 Å². The SMILES string of the molecule is CN(CC(=O)c1ccco1)C1CCN(C(=O)OC(C)(C)C)C1. The lowest BCUT2D eigenvalue weighted by molar-refractivity contribution is 0.0283. The second-order valence-corrected chi connectivity index (χ2v) is 6.68. The average Bonchev–Trinajstić information content (AvgIpc) is 3.08. The number of rotatable bonds is 4. The Balaban J connectivity index is 1.84. The zero-order valence-corrected chi connectivity index (χ0v) is 13.7. The zero-order chi connectivity index (χ0) is 16.3. The molecular weight excluding hydrogens is 284 g/mol. The molecule has 0 radical (unpaired) electrons. The third-order valence-electron chi connectivity index (χ3n) is 3.63. The van der Waals surface area contributed by atoms with Gasteiger partial charge in [-0.15, -0.1) is 0 Å². The number of furan rings is 1. The first-order chi connectivity index (χ1) is 10.3. The van der Waals surface area contributed by atoms with Crippen LogP contribution in [0.25, 0.3) is 0 Å². The van der Waals surface area contributed by atoms with E-state index in [9.17, 15) is 9.59 Å². The molecular formula is C16H24N2O4. The van der Waals surface area contributed by atoms with E-state index in [1.54, 1.807) is 17.0 Å². The van der Waals surface area contributed by atoms with Gasteiger partial charge in [-0.1, -0.05) is 0 Å². The number of likely N-dealkylation sites (tertiary alicyclic amines) is 1. The standard InChI is InChI=1S/C16H24N2O4/c1-16(2,3)22-15(20)18-8-7-12(10-18)17(4)11-13(19)14-6-5-9-21-14/h5-6,9,12H,7-8,10-11H2,1-4H3. The first kappa shape index (κ1) is 16.5. The summed E-state index contributed by atoms with van der Waals surface area (Å²) in [5, 5.41) is 0. The number of nitrogens with zero attached hydrogens (tertiary/aromatic N) is 2. The molecule has 0 N–H and O–H groups in total. The van der Waals surface area contributed by atoms with Gasteiger partial charge in [0, 0.05) is 19.1 Å². The van der Waals surface area contributed by atoms with Gasteiger partial charge in [0.25, 0.3) is 0 Å². The Morgan fingerprint density at radius 3 is 2.77 bits per heavy atom. The van der Waals surface area contributed by atoms with Crippen LogP contribution < -0.4 is 0 Å². The van der Waals surface area contributed by atoms with Gasteiger partial charge in [-0.25, -0.2) is 4.79 Å². The van der Waals surface area contributed by atoms with E-state index in [1.807, 2.05) is 32.7 Å². The third kappa shape index (κ3) is 4.34. The molecule has 6 heteroatoms. The summed E-state index contributed by atoms with van der Waals surface area (Å²) in [6.07, 6.45) is 2.04. The van der Waals surface area contributed by atoms with Crippen LogP contribution in [0.1, 0.15) is 37.7 Å². The molecule has 0 aliphatic carbocycles. The summed E-state index contributed by atoms with van der Waals surface area (Å²) in [6, 6.07) is 3.52. The molecule has 1 amide bonds. The molecule has 122 valence electrons. The first-order valence-corrected chi connectivity index (χ1v) is 7.51. The van der Waals surface area contributed by atoms with Crippen molar-refractivity contribution in [2.75, 3.05) is 26.7 Å². The number of hydrogen-bond donors (Lipinski definition) is 0. The minimum atomic E-state index is -0.490. The molecule has 22 heavy (non-hydrogen) atoms. The van der Waals surface area contributed by atoms with Crippen LogP contribution in [-0.2, 0) is 4.74 Å². The van der Waals surface area contributed by atoms with Crippen LogP contribution in [0.5, 0.6) is 0 Å². The Morgan fingerprint density at radius 1 is 1.45 bits per heavy atom. The Kier molecular flexibility index (Phi) is 4.90. The van der Waals surface area contributed by atoms with Crippen molar-refractivity contribution < 1.29 is 18.7 Å². The van der Waals surface area contributed by atoms with Crippen molar-refractivity contribution in [2.24, 2.45) is 0 Å². The topological polar surface area (TPSA) is 63.0 Å². The average molecular weight is 308 g/mol. The molecule has 2 rings (SSSR count). The molecule has 1 unspecified atom stereocenters. The van der Waals surface area contributed by atoms with Gasteiger partial charge >= 0.3 is 6.09 Å². The number of Topliss-reactive ketones (excluding diaryl/α,β-unsaturated/α-hetero) is 1. The maximum atomic E-state index is 12.0. The summed E-state index contributed by atoms with van der Waals surface area (Å²) >= 11 is 0. The van der Waals surface area contributed by atoms with E-state index < -0.39 is 5.60 Å². The molecule has 1 aliphatic heterocycles. The van der Waals surface area contributed by atoms with Gasteiger partial charge < -0.3 is 14.1 Å². The van der Waals surface area contributed by atoms with Crippen molar-refractivity contribution in [3.63, 3.8) is 0 Å². The van der Waals surface area contributed by atoms with Gasteiger partial charge in [-0.05, 0) is 46.4 Å². The Morgan fingerprint density at radius 2 is 2.18 bits per heavy atom. The molecule has 0 spiro atoms. The summed E-state index contributed by atoms with van der Waals surface area (Å²) in [5.74, 6) is 0.317. The number of likely N-dealkylation sites (N-methyl/N-ethyl adjacent to an activating group) is 1. The summed E-state index contributed by atoms with van der Waals surface area (Å²) in [6.45, 7) is 7.07. The molecule has 0 bridgehead atoms. The predicted octanol–water partition coefficient (Wildman–Crippen LogP) is 2.40. The number of carbonyl (C=O) groups is 2. The number of carbonyl (C=O) groups excluding carboxylic acids is 2. The van der Waals surface area contributed by atoms with E-state index in [0.717, 1.165) is 6.42 Å². The van der Waals surface area contributed by atoms with Gasteiger partial charge in [0.1, 0.15) is 5.60 Å². The van der Waals surface area contributed by atoms with Crippen molar-refractivity contribution in [1.82, 2.24) is 9.80 Å². The van der Waals surface area contributed by atoms with Gasteiger partial charge in [0.05, 0.1) is 12.8 Å². The van der Waals surface area contributed by atoms with Crippen LogP contribution in [0.2, 0.25) is 0 Å². The number of hydrogen-bond acceptors (Lipinski definition) is 5. The summed E-state index contributed by atoms with van der Waals surface area (Å²) in [7, 11) is 1.89. The molecule has 1 saturated heterocycles. The van der Waals surface area contributed by atoms with Gasteiger partial charge in [0.15, 0.2) is 5.76 Å². The first-order valence-electron chi connectivity index (χ1n) is 7.51. The molecule has 1 aromatic heterocycles. The molecule has 1 fully saturated rings. The van der Waals surface area contributed by atoms with Gasteiger partial charge in [0.2, 0.25) is 5.78 Å². The highest BCUT2D eigenvalue weighted by Gasteiger charge is 2.32. The lowest BCUT2D eigenvalue weighted by atomic mass is 10.2.